The Morgan fingerprint density at radius 2 is 1.90 bits per heavy atom. The number of halogens is 2. The molecule has 5 heteroatoms. The van der Waals surface area contributed by atoms with Crippen LogP contribution in [0.5, 0.6) is 0 Å². The Balaban J connectivity index is 0.00000161. The molecule has 3 nitrogen and oxygen atoms in total. The van der Waals surface area contributed by atoms with Gasteiger partial charge in [0.25, 0.3) is 0 Å². The number of benzene rings is 1. The Morgan fingerprint density at radius 1 is 1.24 bits per heavy atom. The lowest BCUT2D eigenvalue weighted by Crippen LogP contribution is -2.55. The molecule has 1 aromatic rings. The summed E-state index contributed by atoms with van der Waals surface area (Å²) in [7, 11) is 0. The minimum atomic E-state index is -0.280. The summed E-state index contributed by atoms with van der Waals surface area (Å²) in [5.41, 5.74) is 6.91. The van der Waals surface area contributed by atoms with Gasteiger partial charge >= 0.3 is 0 Å². The van der Waals surface area contributed by atoms with Gasteiger partial charge in [0, 0.05) is 23.6 Å². The number of carbonyl (C=O) groups excluding carboxylic acids is 1. The smallest absolute Gasteiger partial charge is 0.233 e. The summed E-state index contributed by atoms with van der Waals surface area (Å²) >= 11 is 3.46. The molecule has 1 heterocycles. The first-order chi connectivity index (χ1) is 9.62. The van der Waals surface area contributed by atoms with Gasteiger partial charge in [-0.3, -0.25) is 4.79 Å². The van der Waals surface area contributed by atoms with E-state index in [1.54, 1.807) is 0 Å². The summed E-state index contributed by atoms with van der Waals surface area (Å²) in [6.45, 7) is 1.59. The molecular formula is C16H22BrClN2O. The van der Waals surface area contributed by atoms with Crippen molar-refractivity contribution >= 4 is 34.2 Å². The van der Waals surface area contributed by atoms with Gasteiger partial charge in [0.15, 0.2) is 0 Å². The van der Waals surface area contributed by atoms with E-state index in [9.17, 15) is 4.79 Å². The molecular weight excluding hydrogens is 352 g/mol. The van der Waals surface area contributed by atoms with E-state index >= 15 is 0 Å². The molecule has 1 unspecified atom stereocenters. The van der Waals surface area contributed by atoms with E-state index in [1.165, 1.54) is 0 Å². The van der Waals surface area contributed by atoms with E-state index < -0.39 is 0 Å². The van der Waals surface area contributed by atoms with Gasteiger partial charge in [-0.15, -0.1) is 12.4 Å². The van der Waals surface area contributed by atoms with Crippen LogP contribution in [0.2, 0.25) is 0 Å². The highest BCUT2D eigenvalue weighted by molar-refractivity contribution is 9.10. The molecule has 1 aliphatic carbocycles. The molecule has 0 bridgehead atoms. The number of nitrogens with two attached hydrogens (primary N) is 1. The van der Waals surface area contributed by atoms with Crippen molar-refractivity contribution in [3.63, 3.8) is 0 Å². The maximum atomic E-state index is 13.0. The molecule has 2 aliphatic rings. The molecule has 1 saturated carbocycles. The summed E-state index contributed by atoms with van der Waals surface area (Å²) in [6, 6.07) is 8.39. The molecule has 0 spiro atoms. The van der Waals surface area contributed by atoms with Crippen molar-refractivity contribution in [2.24, 2.45) is 5.73 Å². The third kappa shape index (κ3) is 3.13. The van der Waals surface area contributed by atoms with Crippen LogP contribution >= 0.6 is 28.3 Å². The number of likely N-dealkylation sites (tertiary alicyclic amines) is 1. The van der Waals surface area contributed by atoms with Gasteiger partial charge in [-0.25, -0.2) is 0 Å². The van der Waals surface area contributed by atoms with E-state index in [2.05, 4.69) is 28.1 Å². The van der Waals surface area contributed by atoms with Gasteiger partial charge < -0.3 is 10.6 Å². The van der Waals surface area contributed by atoms with Crippen molar-refractivity contribution in [3.8, 4) is 0 Å². The Bertz CT molecular complexity index is 502. The third-order valence-electron chi connectivity index (χ3n) is 4.76. The third-order valence-corrected chi connectivity index (χ3v) is 5.29. The highest BCUT2D eigenvalue weighted by atomic mass is 79.9. The number of hydrogen-bond acceptors (Lipinski definition) is 2. The van der Waals surface area contributed by atoms with Gasteiger partial charge in [-0.2, -0.15) is 0 Å². The Hall–Kier alpha value is -0.580. The van der Waals surface area contributed by atoms with Gasteiger partial charge in [-0.1, -0.05) is 34.5 Å². The van der Waals surface area contributed by atoms with Crippen molar-refractivity contribution in [2.45, 2.75) is 43.6 Å². The Kier molecular flexibility index (Phi) is 5.33. The molecule has 1 saturated heterocycles. The zero-order valence-electron chi connectivity index (χ0n) is 12.1. The predicted molar refractivity (Wildman–Crippen MR) is 90.7 cm³/mol. The molecule has 1 amide bonds. The predicted octanol–water partition coefficient (Wildman–Crippen LogP) is 3.24. The minimum Gasteiger partial charge on any atom is -0.340 e. The maximum Gasteiger partial charge on any atom is 0.233 e. The van der Waals surface area contributed by atoms with Crippen molar-refractivity contribution in [1.82, 2.24) is 4.90 Å². The van der Waals surface area contributed by atoms with Crippen molar-refractivity contribution in [1.29, 1.82) is 0 Å². The van der Waals surface area contributed by atoms with Crippen LogP contribution in [0.15, 0.2) is 28.7 Å². The number of amides is 1. The maximum absolute atomic E-state index is 13.0. The average Bonchev–Trinajstić information content (AvgIpc) is 2.39. The Morgan fingerprint density at radius 3 is 2.43 bits per heavy atom. The molecule has 0 aromatic heterocycles. The molecule has 21 heavy (non-hydrogen) atoms. The lowest BCUT2D eigenvalue weighted by atomic mass is 9.63. The zero-order valence-corrected chi connectivity index (χ0v) is 14.5. The van der Waals surface area contributed by atoms with Crippen LogP contribution in [0.4, 0.5) is 0 Å². The molecule has 116 valence electrons. The molecule has 1 atom stereocenters. The molecule has 3 rings (SSSR count). The van der Waals surface area contributed by atoms with Crippen LogP contribution in [0.3, 0.4) is 0 Å². The standard InChI is InChI=1S/C16H21BrN2O.ClH/c17-13-6-4-12(5-7-13)16(8-2-9-16)15(20)19-10-1-3-14(18)11-19;/h4-7,14H,1-3,8-11,18H2;1H. The molecule has 1 aromatic carbocycles. The van der Waals surface area contributed by atoms with Gasteiger partial charge in [0.1, 0.15) is 0 Å². The van der Waals surface area contributed by atoms with Crippen LogP contribution in [0, 0.1) is 0 Å². The van der Waals surface area contributed by atoms with Crippen LogP contribution in [0.25, 0.3) is 0 Å². The number of hydrogen-bond donors (Lipinski definition) is 1. The fourth-order valence-corrected chi connectivity index (χ4v) is 3.69. The quantitative estimate of drug-likeness (QED) is 0.865. The van der Waals surface area contributed by atoms with Crippen LogP contribution < -0.4 is 5.73 Å². The first-order valence-corrected chi connectivity index (χ1v) is 8.22. The van der Waals surface area contributed by atoms with Crippen LogP contribution in [-0.2, 0) is 10.2 Å². The van der Waals surface area contributed by atoms with E-state index in [0.717, 1.165) is 55.2 Å². The normalized spacial score (nSPS) is 23.9. The summed E-state index contributed by atoms with van der Waals surface area (Å²) in [5, 5.41) is 0. The summed E-state index contributed by atoms with van der Waals surface area (Å²) in [4.78, 5) is 15.0. The van der Waals surface area contributed by atoms with Gasteiger partial charge in [-0.05, 0) is 43.4 Å². The lowest BCUT2D eigenvalue weighted by molar-refractivity contribution is -0.142. The Labute approximate surface area is 140 Å². The first-order valence-electron chi connectivity index (χ1n) is 7.43. The highest BCUT2D eigenvalue weighted by Crippen LogP contribution is 2.45. The minimum absolute atomic E-state index is 0. The number of nitrogens with zero attached hydrogens (tertiary/aromatic N) is 1. The zero-order chi connectivity index (χ0) is 14.2. The molecule has 1 aliphatic heterocycles. The summed E-state index contributed by atoms with van der Waals surface area (Å²) in [6.07, 6.45) is 5.15. The molecule has 2 N–H and O–H groups in total. The second kappa shape index (κ2) is 6.67. The summed E-state index contributed by atoms with van der Waals surface area (Å²) in [5.74, 6) is 0.293. The molecule has 2 fully saturated rings. The largest absolute Gasteiger partial charge is 0.340 e. The van der Waals surface area contributed by atoms with E-state index in [4.69, 9.17) is 5.73 Å². The van der Waals surface area contributed by atoms with E-state index in [-0.39, 0.29) is 23.9 Å². The van der Waals surface area contributed by atoms with E-state index in [1.807, 2.05) is 17.0 Å². The van der Waals surface area contributed by atoms with Gasteiger partial charge in [0.2, 0.25) is 5.91 Å². The SMILES string of the molecule is Cl.NC1CCCN(C(=O)C2(c3ccc(Br)cc3)CCC2)C1. The van der Waals surface area contributed by atoms with Crippen molar-refractivity contribution in [2.75, 3.05) is 13.1 Å². The summed E-state index contributed by atoms with van der Waals surface area (Å²) < 4.78 is 1.06. The highest BCUT2D eigenvalue weighted by Gasteiger charge is 2.47. The first kappa shape index (κ1) is 16.8. The van der Waals surface area contributed by atoms with Crippen LogP contribution in [-0.4, -0.2) is 29.9 Å². The molecule has 0 radical (unpaired) electrons. The monoisotopic (exact) mass is 372 g/mol. The lowest BCUT2D eigenvalue weighted by Gasteiger charge is -2.45. The average molecular weight is 374 g/mol. The van der Waals surface area contributed by atoms with Crippen LogP contribution in [0.1, 0.15) is 37.7 Å². The number of rotatable bonds is 2. The second-order valence-corrected chi connectivity index (χ2v) is 7.01. The fourth-order valence-electron chi connectivity index (χ4n) is 3.42. The number of carbonyl (C=O) groups is 1. The van der Waals surface area contributed by atoms with Crippen molar-refractivity contribution in [3.05, 3.63) is 34.3 Å². The van der Waals surface area contributed by atoms with E-state index in [0.29, 0.717) is 5.91 Å². The topological polar surface area (TPSA) is 46.3 Å². The van der Waals surface area contributed by atoms with Crippen molar-refractivity contribution < 1.29 is 4.79 Å². The van der Waals surface area contributed by atoms with Gasteiger partial charge in [0.05, 0.1) is 5.41 Å². The second-order valence-electron chi connectivity index (χ2n) is 6.10. The number of piperidine rings is 1. The fraction of sp³-hybridized carbons (Fsp3) is 0.562.